The molecule has 0 saturated carbocycles. The molecule has 1 aliphatic rings. The summed E-state index contributed by atoms with van der Waals surface area (Å²) < 4.78 is 0. The maximum absolute atomic E-state index is 11.8. The van der Waals surface area contributed by atoms with Crippen molar-refractivity contribution in [3.63, 3.8) is 0 Å². The van der Waals surface area contributed by atoms with Crippen LogP contribution in [-0.4, -0.2) is 17.4 Å². The molecule has 2 heteroatoms. The third-order valence-electron chi connectivity index (χ3n) is 2.41. The lowest BCUT2D eigenvalue weighted by molar-refractivity contribution is 0.0760. The molecule has 2 nitrogen and oxygen atoms in total. The zero-order valence-corrected chi connectivity index (χ0v) is 8.58. The zero-order valence-electron chi connectivity index (χ0n) is 8.58. The Labute approximate surface area is 84.5 Å². The van der Waals surface area contributed by atoms with E-state index in [2.05, 4.69) is 19.9 Å². The molecular weight excluding hydrogens is 174 g/mol. The molecule has 0 spiro atoms. The summed E-state index contributed by atoms with van der Waals surface area (Å²) in [5.74, 6) is 0.694. The van der Waals surface area contributed by atoms with Gasteiger partial charge in [0.05, 0.1) is 0 Å². The molecule has 0 bridgehead atoms. The summed E-state index contributed by atoms with van der Waals surface area (Å²) in [5.41, 5.74) is 1.96. The summed E-state index contributed by atoms with van der Waals surface area (Å²) in [5, 5.41) is 0. The van der Waals surface area contributed by atoms with Crippen LogP contribution in [0.4, 0.5) is 0 Å². The van der Waals surface area contributed by atoms with Gasteiger partial charge < -0.3 is 4.90 Å². The fourth-order valence-electron chi connectivity index (χ4n) is 1.84. The van der Waals surface area contributed by atoms with Gasteiger partial charge in [0.15, 0.2) is 0 Å². The first-order chi connectivity index (χ1) is 6.68. The Bertz CT molecular complexity index is 357. The van der Waals surface area contributed by atoms with Crippen molar-refractivity contribution in [1.29, 1.82) is 0 Å². The van der Waals surface area contributed by atoms with Crippen molar-refractivity contribution in [2.75, 3.05) is 6.54 Å². The molecule has 0 saturated heterocycles. The summed E-state index contributed by atoms with van der Waals surface area (Å²) in [7, 11) is 0. The van der Waals surface area contributed by atoms with E-state index < -0.39 is 0 Å². The van der Waals surface area contributed by atoms with E-state index in [1.165, 1.54) is 0 Å². The molecule has 1 radical (unpaired) electrons. The van der Waals surface area contributed by atoms with E-state index in [1.54, 1.807) is 6.07 Å². The normalized spacial score (nSPS) is 15.1. The van der Waals surface area contributed by atoms with Crippen LogP contribution in [-0.2, 0) is 6.54 Å². The van der Waals surface area contributed by atoms with E-state index in [1.807, 2.05) is 17.0 Å². The first-order valence-corrected chi connectivity index (χ1v) is 4.96. The van der Waals surface area contributed by atoms with Crippen LogP contribution in [0.1, 0.15) is 29.8 Å². The van der Waals surface area contributed by atoms with Crippen LogP contribution in [0.2, 0.25) is 0 Å². The molecule has 1 aromatic rings. The molecule has 1 heterocycles. The van der Waals surface area contributed by atoms with Gasteiger partial charge in [0.25, 0.3) is 5.91 Å². The first-order valence-electron chi connectivity index (χ1n) is 4.96. The van der Waals surface area contributed by atoms with Gasteiger partial charge >= 0.3 is 0 Å². The highest BCUT2D eigenvalue weighted by atomic mass is 16.2. The molecular formula is C12H14NO. The van der Waals surface area contributed by atoms with E-state index in [0.717, 1.165) is 24.2 Å². The molecule has 1 aromatic carbocycles. The Balaban J connectivity index is 2.21. The molecule has 0 unspecified atom stereocenters. The Hall–Kier alpha value is -1.31. The number of amides is 1. The highest BCUT2D eigenvalue weighted by molar-refractivity contribution is 5.98. The van der Waals surface area contributed by atoms with Gasteiger partial charge in [-0.2, -0.15) is 0 Å². The average Bonchev–Trinajstić information content (AvgIpc) is 2.44. The van der Waals surface area contributed by atoms with E-state index in [0.29, 0.717) is 5.92 Å². The number of nitrogens with zero attached hydrogens (tertiary/aromatic N) is 1. The van der Waals surface area contributed by atoms with Gasteiger partial charge in [-0.3, -0.25) is 4.79 Å². The van der Waals surface area contributed by atoms with Gasteiger partial charge in [0.2, 0.25) is 0 Å². The number of fused-ring (bicyclic) bond motifs is 1. The second-order valence-electron chi connectivity index (χ2n) is 4.16. The molecule has 1 aliphatic heterocycles. The van der Waals surface area contributed by atoms with Crippen LogP contribution in [0.15, 0.2) is 18.2 Å². The lowest BCUT2D eigenvalue weighted by atomic mass is 10.1. The van der Waals surface area contributed by atoms with Gasteiger partial charge in [-0.05, 0) is 29.7 Å². The molecule has 0 atom stereocenters. The van der Waals surface area contributed by atoms with E-state index in [4.69, 9.17) is 0 Å². The minimum atomic E-state index is 0.169. The number of rotatable bonds is 2. The zero-order chi connectivity index (χ0) is 10.1. The van der Waals surface area contributed by atoms with Gasteiger partial charge in [0.1, 0.15) is 0 Å². The van der Waals surface area contributed by atoms with Crippen molar-refractivity contribution in [2.45, 2.75) is 20.4 Å². The van der Waals surface area contributed by atoms with Crippen molar-refractivity contribution in [2.24, 2.45) is 5.92 Å². The molecule has 0 fully saturated rings. The van der Waals surface area contributed by atoms with Gasteiger partial charge in [-0.15, -0.1) is 0 Å². The second kappa shape index (κ2) is 3.45. The molecule has 73 valence electrons. The van der Waals surface area contributed by atoms with Crippen LogP contribution < -0.4 is 0 Å². The smallest absolute Gasteiger partial charge is 0.254 e. The fourth-order valence-corrected chi connectivity index (χ4v) is 1.84. The summed E-state index contributed by atoms with van der Waals surface area (Å²) in [4.78, 5) is 13.8. The van der Waals surface area contributed by atoms with Gasteiger partial charge in [-0.25, -0.2) is 0 Å². The van der Waals surface area contributed by atoms with Crippen molar-refractivity contribution in [3.05, 3.63) is 35.4 Å². The largest absolute Gasteiger partial charge is 0.334 e. The number of hydrogen-bond donors (Lipinski definition) is 0. The number of carbonyl (C=O) groups excluding carboxylic acids is 1. The van der Waals surface area contributed by atoms with Crippen molar-refractivity contribution < 1.29 is 4.79 Å². The lowest BCUT2D eigenvalue weighted by Crippen LogP contribution is -2.27. The van der Waals surface area contributed by atoms with Crippen LogP contribution >= 0.6 is 0 Å². The summed E-state index contributed by atoms with van der Waals surface area (Å²) in [6, 6.07) is 8.58. The Kier molecular flexibility index (Phi) is 2.28. The minimum absolute atomic E-state index is 0.169. The van der Waals surface area contributed by atoms with Crippen LogP contribution in [0, 0.1) is 12.0 Å². The molecule has 0 aliphatic carbocycles. The Morgan fingerprint density at radius 1 is 1.57 bits per heavy atom. The maximum Gasteiger partial charge on any atom is 0.254 e. The minimum Gasteiger partial charge on any atom is -0.334 e. The molecule has 0 aromatic heterocycles. The van der Waals surface area contributed by atoms with Crippen molar-refractivity contribution in [3.8, 4) is 0 Å². The van der Waals surface area contributed by atoms with Gasteiger partial charge in [0, 0.05) is 18.7 Å². The third kappa shape index (κ3) is 1.52. The van der Waals surface area contributed by atoms with Crippen LogP contribution in [0.25, 0.3) is 0 Å². The summed E-state index contributed by atoms with van der Waals surface area (Å²) >= 11 is 0. The average molecular weight is 188 g/mol. The second-order valence-corrected chi connectivity index (χ2v) is 4.16. The maximum atomic E-state index is 11.8. The van der Waals surface area contributed by atoms with Gasteiger partial charge in [-0.1, -0.05) is 19.9 Å². The number of hydrogen-bond acceptors (Lipinski definition) is 1. The highest BCUT2D eigenvalue weighted by Gasteiger charge is 2.26. The van der Waals surface area contributed by atoms with Crippen LogP contribution in [0.3, 0.4) is 0 Å². The Morgan fingerprint density at radius 2 is 2.36 bits per heavy atom. The SMILES string of the molecule is CC(C)CN1Cc2c[c]ccc2C1=O. The quantitative estimate of drug-likeness (QED) is 0.696. The standard InChI is InChI=1S/C12H14NO/c1-9(2)7-13-8-10-5-3-4-6-11(10)12(13)14/h4-6,9H,7-8H2,1-2H3. The molecule has 0 N–H and O–H groups in total. The summed E-state index contributed by atoms with van der Waals surface area (Å²) in [6.07, 6.45) is 0. The predicted octanol–water partition coefficient (Wildman–Crippen LogP) is 2.10. The van der Waals surface area contributed by atoms with Crippen molar-refractivity contribution in [1.82, 2.24) is 4.90 Å². The summed E-state index contributed by atoms with van der Waals surface area (Å²) in [6.45, 7) is 5.85. The predicted molar refractivity (Wildman–Crippen MR) is 54.9 cm³/mol. The Morgan fingerprint density at radius 3 is 3.00 bits per heavy atom. The van der Waals surface area contributed by atoms with Crippen LogP contribution in [0.5, 0.6) is 0 Å². The third-order valence-corrected chi connectivity index (χ3v) is 2.41. The number of benzene rings is 1. The lowest BCUT2D eigenvalue weighted by Gasteiger charge is -2.17. The highest BCUT2D eigenvalue weighted by Crippen LogP contribution is 2.22. The molecule has 2 rings (SSSR count). The molecule has 14 heavy (non-hydrogen) atoms. The van der Waals surface area contributed by atoms with Crippen molar-refractivity contribution >= 4 is 5.91 Å². The monoisotopic (exact) mass is 188 g/mol. The first kappa shape index (κ1) is 9.25. The topological polar surface area (TPSA) is 20.3 Å². The fraction of sp³-hybridized carbons (Fsp3) is 0.417. The van der Waals surface area contributed by atoms with E-state index in [-0.39, 0.29) is 5.91 Å². The van der Waals surface area contributed by atoms with E-state index in [9.17, 15) is 4.79 Å². The number of carbonyl (C=O) groups is 1. The molecule has 1 amide bonds. The van der Waals surface area contributed by atoms with E-state index >= 15 is 0 Å².